The third-order valence-electron chi connectivity index (χ3n) is 3.73. The summed E-state index contributed by atoms with van der Waals surface area (Å²) in [5.41, 5.74) is 6.46. The maximum atomic E-state index is 12.3. The zero-order valence-corrected chi connectivity index (χ0v) is 13.9. The maximum Gasteiger partial charge on any atom is 0.255 e. The van der Waals surface area contributed by atoms with Crippen molar-refractivity contribution in [2.24, 2.45) is 16.7 Å². The minimum atomic E-state index is -0.326. The predicted octanol–water partition coefficient (Wildman–Crippen LogP) is 1.63. The van der Waals surface area contributed by atoms with E-state index in [-0.39, 0.29) is 22.9 Å². The van der Waals surface area contributed by atoms with Crippen LogP contribution in [-0.2, 0) is 0 Å². The highest BCUT2D eigenvalue weighted by atomic mass is 16.5. The minimum Gasteiger partial charge on any atom is -0.497 e. The number of hydrazone groups is 1. The Bertz CT molecular complexity index is 1050. The molecule has 0 atom stereocenters. The highest BCUT2D eigenvalue weighted by Crippen LogP contribution is 2.19. The molecule has 0 radical (unpaired) electrons. The van der Waals surface area contributed by atoms with Crippen LogP contribution in [0.25, 0.3) is 11.0 Å². The van der Waals surface area contributed by atoms with E-state index in [0.717, 1.165) is 0 Å². The van der Waals surface area contributed by atoms with E-state index in [4.69, 9.17) is 20.7 Å². The van der Waals surface area contributed by atoms with Crippen LogP contribution in [0.2, 0.25) is 0 Å². The molecule has 3 rings (SSSR count). The Kier molecular flexibility index (Phi) is 4.57. The van der Waals surface area contributed by atoms with Gasteiger partial charge in [0.15, 0.2) is 17.0 Å². The summed E-state index contributed by atoms with van der Waals surface area (Å²) in [5, 5.41) is 6.34. The number of amides is 1. The van der Waals surface area contributed by atoms with Crippen LogP contribution >= 0.6 is 0 Å². The van der Waals surface area contributed by atoms with Gasteiger partial charge >= 0.3 is 0 Å². The fourth-order valence-corrected chi connectivity index (χ4v) is 2.37. The Morgan fingerprint density at radius 2 is 1.88 bits per heavy atom. The number of nitrogens with zero attached hydrogens (tertiary/aromatic N) is 1. The molecule has 0 saturated carbocycles. The number of ether oxygens (including phenoxy) is 1. The largest absolute Gasteiger partial charge is 0.497 e. The third-order valence-corrected chi connectivity index (χ3v) is 3.73. The highest BCUT2D eigenvalue weighted by molar-refractivity contribution is 6.05. The summed E-state index contributed by atoms with van der Waals surface area (Å²) in [6.07, 6.45) is 0. The van der Waals surface area contributed by atoms with Gasteiger partial charge in [0, 0.05) is 17.3 Å². The predicted molar refractivity (Wildman–Crippen MR) is 98.3 cm³/mol. The molecule has 1 heterocycles. The van der Waals surface area contributed by atoms with E-state index in [9.17, 15) is 9.59 Å². The molecule has 132 valence electrons. The van der Waals surface area contributed by atoms with Crippen LogP contribution in [-0.4, -0.2) is 18.9 Å². The second kappa shape index (κ2) is 6.98. The number of nitrogens with two attached hydrogens (primary N) is 2. The van der Waals surface area contributed by atoms with Gasteiger partial charge in [-0.05, 0) is 42.5 Å². The molecule has 3 aromatic rings. The molecule has 0 aliphatic heterocycles. The van der Waals surface area contributed by atoms with Gasteiger partial charge < -0.3 is 26.0 Å². The van der Waals surface area contributed by atoms with E-state index in [1.807, 2.05) is 0 Å². The molecule has 0 fully saturated rings. The van der Waals surface area contributed by atoms with Crippen molar-refractivity contribution in [3.63, 3.8) is 0 Å². The van der Waals surface area contributed by atoms with Crippen molar-refractivity contribution >= 4 is 28.4 Å². The van der Waals surface area contributed by atoms with Gasteiger partial charge in [-0.25, -0.2) is 0 Å². The second-order valence-corrected chi connectivity index (χ2v) is 5.38. The number of nitrogens with one attached hydrogen (secondary N) is 1. The number of methoxy groups -OCH3 is 1. The third kappa shape index (κ3) is 3.34. The lowest BCUT2D eigenvalue weighted by Gasteiger charge is -2.07. The number of hydrogen-bond donors (Lipinski definition) is 3. The number of amidine groups is 1. The molecular formula is C18H16N4O4. The monoisotopic (exact) mass is 352 g/mol. The summed E-state index contributed by atoms with van der Waals surface area (Å²) < 4.78 is 10.6. The number of fused-ring (bicyclic) bond motifs is 1. The van der Waals surface area contributed by atoms with E-state index < -0.39 is 0 Å². The average Bonchev–Trinajstić information content (AvgIpc) is 2.67. The summed E-state index contributed by atoms with van der Waals surface area (Å²) in [6, 6.07) is 12.6. The molecule has 8 heteroatoms. The van der Waals surface area contributed by atoms with Crippen molar-refractivity contribution in [2.75, 3.05) is 12.4 Å². The van der Waals surface area contributed by atoms with Gasteiger partial charge in [-0.1, -0.05) is 0 Å². The van der Waals surface area contributed by atoms with Gasteiger partial charge in [0.05, 0.1) is 12.5 Å². The summed E-state index contributed by atoms with van der Waals surface area (Å²) in [6.45, 7) is 0. The number of rotatable bonds is 4. The smallest absolute Gasteiger partial charge is 0.255 e. The number of carbonyl (C=O) groups is 1. The van der Waals surface area contributed by atoms with Crippen LogP contribution in [0.1, 0.15) is 16.1 Å². The molecule has 0 spiro atoms. The molecule has 0 aliphatic rings. The number of hydrogen-bond acceptors (Lipinski definition) is 6. The molecule has 2 aromatic carbocycles. The molecular weight excluding hydrogens is 336 g/mol. The average molecular weight is 352 g/mol. The molecule has 0 aliphatic carbocycles. The van der Waals surface area contributed by atoms with Crippen LogP contribution in [0.15, 0.2) is 62.8 Å². The van der Waals surface area contributed by atoms with Gasteiger partial charge in [0.1, 0.15) is 11.3 Å². The summed E-state index contributed by atoms with van der Waals surface area (Å²) in [5.74, 6) is 5.44. The van der Waals surface area contributed by atoms with Crippen LogP contribution in [0.4, 0.5) is 5.69 Å². The fourth-order valence-electron chi connectivity index (χ4n) is 2.37. The van der Waals surface area contributed by atoms with E-state index >= 15 is 0 Å². The van der Waals surface area contributed by atoms with Crippen LogP contribution in [0.3, 0.4) is 0 Å². The zero-order valence-electron chi connectivity index (χ0n) is 13.9. The fraction of sp³-hybridized carbons (Fsp3) is 0.0556. The van der Waals surface area contributed by atoms with Gasteiger partial charge in [0.25, 0.3) is 5.91 Å². The van der Waals surface area contributed by atoms with Crippen molar-refractivity contribution < 1.29 is 13.9 Å². The molecule has 26 heavy (non-hydrogen) atoms. The minimum absolute atomic E-state index is 0.0825. The van der Waals surface area contributed by atoms with Crippen molar-refractivity contribution in [3.8, 4) is 5.75 Å². The summed E-state index contributed by atoms with van der Waals surface area (Å²) >= 11 is 0. The lowest BCUT2D eigenvalue weighted by molar-refractivity contribution is 0.102. The molecule has 1 aromatic heterocycles. The lowest BCUT2D eigenvalue weighted by atomic mass is 10.1. The summed E-state index contributed by atoms with van der Waals surface area (Å²) in [7, 11) is 1.55. The van der Waals surface area contributed by atoms with E-state index in [1.54, 1.807) is 43.5 Å². The van der Waals surface area contributed by atoms with E-state index in [1.165, 1.54) is 12.1 Å². The summed E-state index contributed by atoms with van der Waals surface area (Å²) in [4.78, 5) is 24.6. The molecule has 0 bridgehead atoms. The van der Waals surface area contributed by atoms with Crippen molar-refractivity contribution in [3.05, 3.63) is 70.1 Å². The first-order valence-corrected chi connectivity index (χ1v) is 7.59. The Balaban J connectivity index is 1.90. The molecule has 0 unspecified atom stereocenters. The van der Waals surface area contributed by atoms with Crippen LogP contribution in [0, 0.1) is 0 Å². The SMILES string of the molecule is COc1ccc(C(=O)Nc2ccc3oc(C(N)=NN)cc(=O)c3c2)cc1. The Morgan fingerprint density at radius 1 is 1.15 bits per heavy atom. The first kappa shape index (κ1) is 17.0. The van der Waals surface area contributed by atoms with Gasteiger partial charge in [-0.2, -0.15) is 5.10 Å². The van der Waals surface area contributed by atoms with Crippen molar-refractivity contribution in [1.29, 1.82) is 0 Å². The van der Waals surface area contributed by atoms with Crippen molar-refractivity contribution in [1.82, 2.24) is 0 Å². The number of anilines is 1. The van der Waals surface area contributed by atoms with Gasteiger partial charge in [0.2, 0.25) is 0 Å². The quantitative estimate of drug-likeness (QED) is 0.283. The molecule has 8 nitrogen and oxygen atoms in total. The van der Waals surface area contributed by atoms with Crippen molar-refractivity contribution in [2.45, 2.75) is 0 Å². The van der Waals surface area contributed by atoms with Crippen LogP contribution < -0.4 is 27.1 Å². The Hall–Kier alpha value is -3.81. The molecule has 0 saturated heterocycles. The second-order valence-electron chi connectivity index (χ2n) is 5.38. The van der Waals surface area contributed by atoms with Gasteiger partial charge in [-0.3, -0.25) is 9.59 Å². The Labute approximate surface area is 148 Å². The Morgan fingerprint density at radius 3 is 2.54 bits per heavy atom. The number of benzene rings is 2. The van der Waals surface area contributed by atoms with Crippen LogP contribution in [0.5, 0.6) is 5.75 Å². The first-order valence-electron chi connectivity index (χ1n) is 7.59. The first-order chi connectivity index (χ1) is 12.5. The topological polar surface area (TPSA) is 133 Å². The molecule has 5 N–H and O–H groups in total. The zero-order chi connectivity index (χ0) is 18.7. The maximum absolute atomic E-state index is 12.3. The molecule has 1 amide bonds. The standard InChI is InChI=1S/C18H16N4O4/c1-25-12-5-2-10(3-6-12)18(24)21-11-4-7-15-13(8-11)14(23)9-16(26-15)17(19)22-20/h2-9H,20H2,1H3,(H2,19,22)(H,21,24). The van der Waals surface area contributed by atoms with E-state index in [2.05, 4.69) is 10.4 Å². The van der Waals surface area contributed by atoms with E-state index in [0.29, 0.717) is 28.0 Å². The number of carbonyl (C=O) groups excluding carboxylic acids is 1. The normalized spacial score (nSPS) is 11.3. The van der Waals surface area contributed by atoms with Gasteiger partial charge in [-0.15, -0.1) is 0 Å². The highest BCUT2D eigenvalue weighted by Gasteiger charge is 2.11. The lowest BCUT2D eigenvalue weighted by Crippen LogP contribution is -2.18.